The summed E-state index contributed by atoms with van der Waals surface area (Å²) in [6, 6.07) is 0.611. The zero-order chi connectivity index (χ0) is 19.8. The highest BCUT2D eigenvalue weighted by molar-refractivity contribution is 5.82. The van der Waals surface area contributed by atoms with Crippen LogP contribution in [-0.2, 0) is 9.53 Å². The summed E-state index contributed by atoms with van der Waals surface area (Å²) in [6.07, 6.45) is 8.15. The Balaban J connectivity index is 1.44. The van der Waals surface area contributed by atoms with Crippen LogP contribution in [0.5, 0.6) is 0 Å². The SMILES string of the molecule is CCCCN1CCCCC1CNC(=NC)N1CCN(C(=O)C2CCCO2)CC1. The van der Waals surface area contributed by atoms with Crippen LogP contribution in [0.25, 0.3) is 0 Å². The van der Waals surface area contributed by atoms with Gasteiger partial charge in [-0.1, -0.05) is 19.8 Å². The van der Waals surface area contributed by atoms with Crippen molar-refractivity contribution in [2.45, 2.75) is 64.0 Å². The fourth-order valence-corrected chi connectivity index (χ4v) is 4.60. The molecule has 0 saturated carbocycles. The number of amides is 1. The third kappa shape index (κ3) is 5.60. The predicted molar refractivity (Wildman–Crippen MR) is 113 cm³/mol. The van der Waals surface area contributed by atoms with Crippen LogP contribution in [0.4, 0.5) is 0 Å². The molecule has 0 aromatic rings. The van der Waals surface area contributed by atoms with Gasteiger partial charge in [0.2, 0.25) is 0 Å². The van der Waals surface area contributed by atoms with E-state index in [1.54, 1.807) is 0 Å². The highest BCUT2D eigenvalue weighted by Gasteiger charge is 2.31. The fraction of sp³-hybridized carbons (Fsp3) is 0.905. The van der Waals surface area contributed by atoms with Gasteiger partial charge in [-0.05, 0) is 45.2 Å². The molecule has 0 aromatic carbocycles. The molecule has 2 unspecified atom stereocenters. The third-order valence-corrected chi connectivity index (χ3v) is 6.35. The van der Waals surface area contributed by atoms with Crippen molar-refractivity contribution in [3.8, 4) is 0 Å². The molecule has 28 heavy (non-hydrogen) atoms. The second-order valence-corrected chi connectivity index (χ2v) is 8.28. The number of hydrogen-bond donors (Lipinski definition) is 1. The molecule has 0 aliphatic carbocycles. The van der Waals surface area contributed by atoms with Gasteiger partial charge in [-0.2, -0.15) is 0 Å². The van der Waals surface area contributed by atoms with Gasteiger partial charge < -0.3 is 19.9 Å². The van der Waals surface area contributed by atoms with Crippen molar-refractivity contribution < 1.29 is 9.53 Å². The van der Waals surface area contributed by atoms with Gasteiger partial charge >= 0.3 is 0 Å². The van der Waals surface area contributed by atoms with E-state index in [0.717, 1.165) is 58.1 Å². The fourth-order valence-electron chi connectivity index (χ4n) is 4.60. The number of guanidine groups is 1. The second-order valence-electron chi connectivity index (χ2n) is 8.28. The van der Waals surface area contributed by atoms with Gasteiger partial charge in [0.1, 0.15) is 6.10 Å². The van der Waals surface area contributed by atoms with E-state index in [-0.39, 0.29) is 12.0 Å². The number of nitrogens with one attached hydrogen (secondary N) is 1. The largest absolute Gasteiger partial charge is 0.368 e. The van der Waals surface area contributed by atoms with Crippen LogP contribution in [0, 0.1) is 0 Å². The maximum atomic E-state index is 12.5. The average molecular weight is 394 g/mol. The topological polar surface area (TPSA) is 60.4 Å². The molecule has 7 heteroatoms. The van der Waals surface area contributed by atoms with E-state index in [9.17, 15) is 4.79 Å². The Hall–Kier alpha value is -1.34. The summed E-state index contributed by atoms with van der Waals surface area (Å²) in [7, 11) is 1.86. The van der Waals surface area contributed by atoms with Crippen LogP contribution in [0.3, 0.4) is 0 Å². The Morgan fingerprint density at radius 2 is 1.86 bits per heavy atom. The first-order valence-corrected chi connectivity index (χ1v) is 11.3. The number of hydrogen-bond acceptors (Lipinski definition) is 4. The molecule has 0 aromatic heterocycles. The highest BCUT2D eigenvalue weighted by Crippen LogP contribution is 2.18. The first-order valence-electron chi connectivity index (χ1n) is 11.3. The summed E-state index contributed by atoms with van der Waals surface area (Å²) in [5, 5.41) is 3.62. The number of ether oxygens (including phenoxy) is 1. The minimum absolute atomic E-state index is 0.175. The minimum Gasteiger partial charge on any atom is -0.368 e. The van der Waals surface area contributed by atoms with Crippen molar-refractivity contribution in [2.24, 2.45) is 4.99 Å². The Kier molecular flexibility index (Phi) is 8.40. The van der Waals surface area contributed by atoms with E-state index in [4.69, 9.17) is 4.74 Å². The summed E-state index contributed by atoms with van der Waals surface area (Å²) in [5.41, 5.74) is 0. The van der Waals surface area contributed by atoms with E-state index >= 15 is 0 Å². The van der Waals surface area contributed by atoms with E-state index in [1.165, 1.54) is 45.2 Å². The Morgan fingerprint density at radius 1 is 1.07 bits per heavy atom. The number of carbonyl (C=O) groups is 1. The van der Waals surface area contributed by atoms with E-state index in [2.05, 4.69) is 27.0 Å². The number of carbonyl (C=O) groups excluding carboxylic acids is 1. The number of nitrogens with zero attached hydrogens (tertiary/aromatic N) is 4. The van der Waals surface area contributed by atoms with Crippen LogP contribution in [0.15, 0.2) is 4.99 Å². The van der Waals surface area contributed by atoms with Crippen molar-refractivity contribution in [1.29, 1.82) is 0 Å². The zero-order valence-corrected chi connectivity index (χ0v) is 17.9. The first kappa shape index (κ1) is 21.4. The summed E-state index contributed by atoms with van der Waals surface area (Å²) in [4.78, 5) is 24.0. The van der Waals surface area contributed by atoms with Crippen LogP contribution >= 0.6 is 0 Å². The van der Waals surface area contributed by atoms with Gasteiger partial charge in [-0.25, -0.2) is 0 Å². The molecule has 3 heterocycles. The normalized spacial score (nSPS) is 27.3. The monoisotopic (exact) mass is 393 g/mol. The van der Waals surface area contributed by atoms with Crippen molar-refractivity contribution in [2.75, 3.05) is 59.5 Å². The molecule has 1 amide bonds. The van der Waals surface area contributed by atoms with Crippen LogP contribution in [0.1, 0.15) is 51.9 Å². The number of rotatable bonds is 6. The van der Waals surface area contributed by atoms with Crippen LogP contribution in [-0.4, -0.2) is 98.2 Å². The van der Waals surface area contributed by atoms with Crippen LogP contribution < -0.4 is 5.32 Å². The molecular weight excluding hydrogens is 354 g/mol. The quantitative estimate of drug-likeness (QED) is 0.548. The number of likely N-dealkylation sites (tertiary alicyclic amines) is 1. The summed E-state index contributed by atoms with van der Waals surface area (Å²) in [6.45, 7) is 9.58. The number of piperidine rings is 1. The van der Waals surface area contributed by atoms with E-state index in [1.807, 2.05) is 11.9 Å². The summed E-state index contributed by atoms with van der Waals surface area (Å²) >= 11 is 0. The van der Waals surface area contributed by atoms with E-state index in [0.29, 0.717) is 6.04 Å². The smallest absolute Gasteiger partial charge is 0.251 e. The Bertz CT molecular complexity index is 513. The molecule has 0 spiro atoms. The molecule has 3 rings (SSSR count). The Labute approximate surface area is 170 Å². The predicted octanol–water partition coefficient (Wildman–Crippen LogP) is 1.54. The standard InChI is InChI=1S/C21H39N5O2/c1-3-4-10-24-11-6-5-8-18(24)17-23-21(22-2)26-14-12-25(13-15-26)20(27)19-9-7-16-28-19/h18-19H,3-17H2,1-2H3,(H,22,23). The van der Waals surface area contributed by atoms with Crippen molar-refractivity contribution in [1.82, 2.24) is 20.0 Å². The van der Waals surface area contributed by atoms with Gasteiger partial charge in [-0.15, -0.1) is 0 Å². The molecule has 3 saturated heterocycles. The van der Waals surface area contributed by atoms with Gasteiger partial charge in [0.05, 0.1) is 0 Å². The van der Waals surface area contributed by atoms with Gasteiger partial charge in [0.15, 0.2) is 5.96 Å². The van der Waals surface area contributed by atoms with Crippen molar-refractivity contribution >= 4 is 11.9 Å². The van der Waals surface area contributed by atoms with Crippen molar-refractivity contribution in [3.63, 3.8) is 0 Å². The minimum atomic E-state index is -0.204. The van der Waals surface area contributed by atoms with Gasteiger partial charge in [0, 0.05) is 52.4 Å². The Morgan fingerprint density at radius 3 is 2.54 bits per heavy atom. The van der Waals surface area contributed by atoms with Gasteiger partial charge in [-0.3, -0.25) is 14.7 Å². The molecular formula is C21H39N5O2. The zero-order valence-electron chi connectivity index (χ0n) is 17.9. The van der Waals surface area contributed by atoms with E-state index < -0.39 is 0 Å². The molecule has 2 atom stereocenters. The highest BCUT2D eigenvalue weighted by atomic mass is 16.5. The van der Waals surface area contributed by atoms with Crippen molar-refractivity contribution in [3.05, 3.63) is 0 Å². The molecule has 3 aliphatic rings. The third-order valence-electron chi connectivity index (χ3n) is 6.35. The molecule has 0 radical (unpaired) electrons. The molecule has 3 aliphatic heterocycles. The molecule has 7 nitrogen and oxygen atoms in total. The lowest BCUT2D eigenvalue weighted by molar-refractivity contribution is -0.142. The maximum absolute atomic E-state index is 12.5. The second kappa shape index (κ2) is 11.0. The maximum Gasteiger partial charge on any atom is 0.251 e. The number of unbranched alkanes of at least 4 members (excludes halogenated alkanes) is 1. The lowest BCUT2D eigenvalue weighted by Crippen LogP contribution is -2.56. The molecule has 160 valence electrons. The van der Waals surface area contributed by atoms with Gasteiger partial charge in [0.25, 0.3) is 5.91 Å². The lowest BCUT2D eigenvalue weighted by atomic mass is 10.0. The number of piperazine rings is 1. The summed E-state index contributed by atoms with van der Waals surface area (Å²) in [5.74, 6) is 1.15. The molecule has 0 bridgehead atoms. The average Bonchev–Trinajstić information content (AvgIpc) is 3.28. The summed E-state index contributed by atoms with van der Waals surface area (Å²) < 4.78 is 5.56. The van der Waals surface area contributed by atoms with Crippen LogP contribution in [0.2, 0.25) is 0 Å². The lowest BCUT2D eigenvalue weighted by Gasteiger charge is -2.39. The molecule has 1 N–H and O–H groups in total. The number of aliphatic imine (C=N–C) groups is 1. The molecule has 3 fully saturated rings. The first-order chi connectivity index (χ1) is 13.7.